The van der Waals surface area contributed by atoms with Gasteiger partial charge in [-0.2, -0.15) is 5.10 Å². The van der Waals surface area contributed by atoms with Gasteiger partial charge >= 0.3 is 0 Å². The summed E-state index contributed by atoms with van der Waals surface area (Å²) >= 11 is 1.55. The third-order valence-electron chi connectivity index (χ3n) is 3.10. The van der Waals surface area contributed by atoms with Crippen LogP contribution < -0.4 is 0 Å². The van der Waals surface area contributed by atoms with Crippen molar-refractivity contribution in [3.05, 3.63) is 53.6 Å². The summed E-state index contributed by atoms with van der Waals surface area (Å²) in [6.07, 6.45) is 1.66. The molecule has 1 aromatic carbocycles. The van der Waals surface area contributed by atoms with Gasteiger partial charge in [0.05, 0.1) is 12.3 Å². The smallest absolute Gasteiger partial charge is 0.191 e. The van der Waals surface area contributed by atoms with E-state index in [0.29, 0.717) is 12.3 Å². The van der Waals surface area contributed by atoms with E-state index in [2.05, 4.69) is 20.3 Å². The quantitative estimate of drug-likeness (QED) is 0.675. The predicted octanol–water partition coefficient (Wildman–Crippen LogP) is 2.19. The Morgan fingerprint density at radius 1 is 1.23 bits per heavy atom. The molecule has 0 aliphatic heterocycles. The van der Waals surface area contributed by atoms with Crippen LogP contribution in [0, 0.1) is 12.7 Å². The molecule has 6 nitrogen and oxygen atoms in total. The zero-order chi connectivity index (χ0) is 15.5. The molecular formula is C14H15FN6S. The fraction of sp³-hybridized carbons (Fsp3) is 0.286. The monoisotopic (exact) mass is 318 g/mol. The van der Waals surface area contributed by atoms with Crippen LogP contribution in [0.2, 0.25) is 0 Å². The third-order valence-corrected chi connectivity index (χ3v) is 4.13. The largest absolute Gasteiger partial charge is 0.312 e. The molecule has 0 atom stereocenters. The van der Waals surface area contributed by atoms with Crippen molar-refractivity contribution in [2.75, 3.05) is 0 Å². The van der Waals surface area contributed by atoms with Crippen molar-refractivity contribution >= 4 is 11.8 Å². The molecule has 0 aliphatic rings. The number of aromatic nitrogens is 6. The summed E-state index contributed by atoms with van der Waals surface area (Å²) in [6.45, 7) is 2.42. The molecule has 0 saturated carbocycles. The Kier molecular flexibility index (Phi) is 4.19. The molecular weight excluding hydrogens is 303 g/mol. The van der Waals surface area contributed by atoms with E-state index in [0.717, 1.165) is 22.4 Å². The number of benzene rings is 1. The summed E-state index contributed by atoms with van der Waals surface area (Å²) in [5.41, 5.74) is 0.983. The minimum absolute atomic E-state index is 0.239. The zero-order valence-corrected chi connectivity index (χ0v) is 13.1. The van der Waals surface area contributed by atoms with Crippen LogP contribution in [0.3, 0.4) is 0 Å². The SMILES string of the molecule is Cc1nc(CSc2nncn2C)n(Cc2ccc(F)cc2)n1. The molecule has 0 amide bonds. The molecule has 2 aromatic heterocycles. The van der Waals surface area contributed by atoms with E-state index in [1.165, 1.54) is 12.1 Å². The number of hydrogen-bond acceptors (Lipinski definition) is 5. The molecule has 3 aromatic rings. The number of nitrogens with zero attached hydrogens (tertiary/aromatic N) is 6. The minimum Gasteiger partial charge on any atom is -0.312 e. The topological polar surface area (TPSA) is 61.4 Å². The van der Waals surface area contributed by atoms with Gasteiger partial charge in [-0.1, -0.05) is 23.9 Å². The first-order chi connectivity index (χ1) is 10.6. The first kappa shape index (κ1) is 14.7. The van der Waals surface area contributed by atoms with Crippen LogP contribution in [0.25, 0.3) is 0 Å². The molecule has 22 heavy (non-hydrogen) atoms. The number of rotatable bonds is 5. The normalized spacial score (nSPS) is 11.0. The third kappa shape index (κ3) is 3.33. The predicted molar refractivity (Wildman–Crippen MR) is 80.8 cm³/mol. The van der Waals surface area contributed by atoms with Gasteiger partial charge in [-0.15, -0.1) is 10.2 Å². The van der Waals surface area contributed by atoms with Crippen LogP contribution in [0.4, 0.5) is 4.39 Å². The molecule has 0 spiro atoms. The summed E-state index contributed by atoms with van der Waals surface area (Å²) in [7, 11) is 1.90. The van der Waals surface area contributed by atoms with Crippen molar-refractivity contribution < 1.29 is 4.39 Å². The maximum Gasteiger partial charge on any atom is 0.191 e. The second-order valence-electron chi connectivity index (χ2n) is 4.87. The average Bonchev–Trinajstić information content (AvgIpc) is 3.05. The van der Waals surface area contributed by atoms with E-state index in [-0.39, 0.29) is 5.82 Å². The van der Waals surface area contributed by atoms with E-state index >= 15 is 0 Å². The standard InChI is InChI=1S/C14H15FN6S/c1-10-17-13(8-22-14-18-16-9-20(14)2)21(19-10)7-11-3-5-12(15)6-4-11/h3-6,9H,7-8H2,1-2H3. The van der Waals surface area contributed by atoms with E-state index in [4.69, 9.17) is 0 Å². The summed E-state index contributed by atoms with van der Waals surface area (Å²) in [4.78, 5) is 4.45. The number of hydrogen-bond donors (Lipinski definition) is 0. The maximum absolute atomic E-state index is 13.0. The van der Waals surface area contributed by atoms with Crippen LogP contribution in [-0.4, -0.2) is 29.5 Å². The highest BCUT2D eigenvalue weighted by atomic mass is 32.2. The number of thioether (sulfide) groups is 1. The van der Waals surface area contributed by atoms with Crippen molar-refractivity contribution in [1.29, 1.82) is 0 Å². The van der Waals surface area contributed by atoms with Crippen LogP contribution in [-0.2, 0) is 19.3 Å². The van der Waals surface area contributed by atoms with E-state index in [1.807, 2.05) is 23.2 Å². The Balaban J connectivity index is 1.74. The van der Waals surface area contributed by atoms with Gasteiger partial charge in [0.15, 0.2) is 5.16 Å². The average molecular weight is 318 g/mol. The number of halogens is 1. The van der Waals surface area contributed by atoms with Crippen molar-refractivity contribution in [2.45, 2.75) is 24.4 Å². The fourth-order valence-electron chi connectivity index (χ4n) is 2.03. The van der Waals surface area contributed by atoms with Gasteiger partial charge in [-0.3, -0.25) is 0 Å². The molecule has 2 heterocycles. The minimum atomic E-state index is -0.239. The summed E-state index contributed by atoms with van der Waals surface area (Å²) in [5, 5.41) is 13.1. The van der Waals surface area contributed by atoms with E-state index < -0.39 is 0 Å². The lowest BCUT2D eigenvalue weighted by molar-refractivity contribution is 0.621. The van der Waals surface area contributed by atoms with Gasteiger partial charge in [0.2, 0.25) is 0 Å². The van der Waals surface area contributed by atoms with Gasteiger partial charge in [-0.05, 0) is 24.6 Å². The van der Waals surface area contributed by atoms with Crippen molar-refractivity contribution in [1.82, 2.24) is 29.5 Å². The second-order valence-corrected chi connectivity index (χ2v) is 5.81. The molecule has 0 saturated heterocycles. The lowest BCUT2D eigenvalue weighted by atomic mass is 10.2. The molecule has 0 fully saturated rings. The second kappa shape index (κ2) is 6.27. The Morgan fingerprint density at radius 3 is 2.68 bits per heavy atom. The van der Waals surface area contributed by atoms with Crippen LogP contribution in [0.5, 0.6) is 0 Å². The molecule has 0 aliphatic carbocycles. The van der Waals surface area contributed by atoms with Crippen LogP contribution in [0.1, 0.15) is 17.2 Å². The van der Waals surface area contributed by atoms with Gasteiger partial charge in [-0.25, -0.2) is 14.1 Å². The Labute approximate surface area is 131 Å². The zero-order valence-electron chi connectivity index (χ0n) is 12.3. The maximum atomic E-state index is 13.0. The Morgan fingerprint density at radius 2 is 2.00 bits per heavy atom. The highest BCUT2D eigenvalue weighted by Gasteiger charge is 2.10. The Bertz CT molecular complexity index is 764. The lowest BCUT2D eigenvalue weighted by Gasteiger charge is -2.06. The summed E-state index contributed by atoms with van der Waals surface area (Å²) in [5.74, 6) is 1.98. The number of aryl methyl sites for hydroxylation is 2. The highest BCUT2D eigenvalue weighted by Crippen LogP contribution is 2.19. The molecule has 8 heteroatoms. The first-order valence-electron chi connectivity index (χ1n) is 6.73. The first-order valence-corrected chi connectivity index (χ1v) is 7.72. The van der Waals surface area contributed by atoms with Gasteiger partial charge in [0.25, 0.3) is 0 Å². The lowest BCUT2D eigenvalue weighted by Crippen LogP contribution is -2.06. The molecule has 0 N–H and O–H groups in total. The van der Waals surface area contributed by atoms with Gasteiger partial charge < -0.3 is 4.57 Å². The van der Waals surface area contributed by atoms with Gasteiger partial charge in [0.1, 0.15) is 23.8 Å². The molecule has 0 bridgehead atoms. The molecule has 3 rings (SSSR count). The van der Waals surface area contributed by atoms with Crippen molar-refractivity contribution in [2.24, 2.45) is 7.05 Å². The van der Waals surface area contributed by atoms with Gasteiger partial charge in [0, 0.05) is 7.05 Å². The van der Waals surface area contributed by atoms with Crippen molar-refractivity contribution in [3.63, 3.8) is 0 Å². The van der Waals surface area contributed by atoms with Crippen LogP contribution >= 0.6 is 11.8 Å². The fourth-order valence-corrected chi connectivity index (χ4v) is 2.86. The van der Waals surface area contributed by atoms with E-state index in [1.54, 1.807) is 30.2 Å². The summed E-state index contributed by atoms with van der Waals surface area (Å²) < 4.78 is 16.7. The van der Waals surface area contributed by atoms with Crippen LogP contribution in [0.15, 0.2) is 35.7 Å². The van der Waals surface area contributed by atoms with E-state index in [9.17, 15) is 4.39 Å². The molecule has 0 radical (unpaired) electrons. The highest BCUT2D eigenvalue weighted by molar-refractivity contribution is 7.98. The summed E-state index contributed by atoms with van der Waals surface area (Å²) in [6, 6.07) is 6.41. The van der Waals surface area contributed by atoms with Crippen molar-refractivity contribution in [3.8, 4) is 0 Å². The Hall–Kier alpha value is -2.22. The molecule has 0 unspecified atom stereocenters. The molecule has 114 valence electrons.